The zero-order valence-electron chi connectivity index (χ0n) is 23.3. The summed E-state index contributed by atoms with van der Waals surface area (Å²) in [5.41, 5.74) is -2.35. The van der Waals surface area contributed by atoms with Crippen molar-refractivity contribution < 1.29 is 23.4 Å². The third-order valence-electron chi connectivity index (χ3n) is 6.99. The first-order valence-corrected chi connectivity index (χ1v) is 12.9. The van der Waals surface area contributed by atoms with Gasteiger partial charge in [0.1, 0.15) is 28.4 Å². The Morgan fingerprint density at radius 3 is 2.51 bits per heavy atom. The molecule has 0 spiro atoms. The van der Waals surface area contributed by atoms with E-state index in [0.29, 0.717) is 54.1 Å². The number of hydrogen-bond acceptors (Lipinski definition) is 7. The number of nitrogens with one attached hydrogen (secondary N) is 2. The highest BCUT2D eigenvalue weighted by molar-refractivity contribution is 5.89. The van der Waals surface area contributed by atoms with Crippen molar-refractivity contribution in [2.45, 2.75) is 70.6 Å². The number of carbonyl (C=O) groups is 1. The number of aromatic nitrogens is 3. The normalized spacial score (nSPS) is 13.8. The lowest BCUT2D eigenvalue weighted by Gasteiger charge is -2.34. The van der Waals surface area contributed by atoms with Crippen LogP contribution in [0.15, 0.2) is 35.1 Å². The number of carbonyl (C=O) groups excluding carboxylic acids is 1. The molecule has 1 amide bonds. The molecule has 2 aromatic heterocycles. The number of rotatable bonds is 13. The van der Waals surface area contributed by atoms with Crippen LogP contribution in [0.3, 0.4) is 0 Å². The summed E-state index contributed by atoms with van der Waals surface area (Å²) in [4.78, 5) is 33.3. The highest BCUT2D eigenvalue weighted by Crippen LogP contribution is 2.39. The predicted molar refractivity (Wildman–Crippen MR) is 146 cm³/mol. The first-order valence-electron chi connectivity index (χ1n) is 12.9. The van der Waals surface area contributed by atoms with Crippen LogP contribution >= 0.6 is 0 Å². The molecule has 0 aliphatic rings. The zero-order chi connectivity index (χ0) is 29.0. The van der Waals surface area contributed by atoms with Crippen molar-refractivity contribution in [3.8, 4) is 0 Å². The summed E-state index contributed by atoms with van der Waals surface area (Å²) in [6.07, 6.45) is 2.42. The van der Waals surface area contributed by atoms with Crippen molar-refractivity contribution in [1.82, 2.24) is 19.9 Å². The number of amides is 1. The first-order chi connectivity index (χ1) is 18.3. The molecule has 11 heteroatoms. The second kappa shape index (κ2) is 11.7. The molecule has 0 bridgehead atoms. The molecular weight excluding hydrogens is 508 g/mol. The highest BCUT2D eigenvalue weighted by Gasteiger charge is 2.47. The number of halogens is 2. The van der Waals surface area contributed by atoms with Crippen LogP contribution in [0.2, 0.25) is 0 Å². The molecule has 0 radical (unpaired) electrons. The number of benzene rings is 1. The van der Waals surface area contributed by atoms with Crippen molar-refractivity contribution in [3.63, 3.8) is 0 Å². The van der Waals surface area contributed by atoms with Crippen molar-refractivity contribution in [3.05, 3.63) is 63.3 Å². The number of anilines is 1. The number of aliphatic hydroxyl groups is 1. The summed E-state index contributed by atoms with van der Waals surface area (Å²) in [6, 6.07) is 7.63. The van der Waals surface area contributed by atoms with Crippen molar-refractivity contribution in [1.29, 1.82) is 0 Å². The second-order valence-corrected chi connectivity index (χ2v) is 10.2. The summed E-state index contributed by atoms with van der Waals surface area (Å²) < 4.78 is 37.0. The van der Waals surface area contributed by atoms with Gasteiger partial charge in [0, 0.05) is 32.8 Å². The molecule has 0 aliphatic carbocycles. The number of aryl methyl sites for hydroxylation is 1. The van der Waals surface area contributed by atoms with E-state index in [0.717, 1.165) is 20.3 Å². The summed E-state index contributed by atoms with van der Waals surface area (Å²) >= 11 is 0. The Kier molecular flexibility index (Phi) is 9.07. The maximum Gasteiger partial charge on any atom is 0.300 e. The number of methoxy groups -OCH3 is 1. The lowest BCUT2D eigenvalue weighted by atomic mass is 9.88. The Balaban J connectivity index is 2.09. The van der Waals surface area contributed by atoms with Gasteiger partial charge >= 0.3 is 5.92 Å². The fourth-order valence-electron chi connectivity index (χ4n) is 4.80. The Bertz CT molecular complexity index is 1390. The lowest BCUT2D eigenvalue weighted by Crippen LogP contribution is -2.40. The number of ether oxygens (including phenoxy) is 1. The molecule has 1 unspecified atom stereocenters. The van der Waals surface area contributed by atoms with Crippen molar-refractivity contribution in [2.24, 2.45) is 7.05 Å². The Hall–Kier alpha value is -3.44. The molecule has 0 fully saturated rings. The second-order valence-electron chi connectivity index (χ2n) is 10.2. The summed E-state index contributed by atoms with van der Waals surface area (Å²) in [6.45, 7) is 6.31. The Morgan fingerprint density at radius 2 is 1.90 bits per heavy atom. The molecule has 39 heavy (non-hydrogen) atoms. The summed E-state index contributed by atoms with van der Waals surface area (Å²) in [5, 5.41) is 16.3. The van der Waals surface area contributed by atoms with Crippen LogP contribution in [0.25, 0.3) is 10.9 Å². The fourth-order valence-corrected chi connectivity index (χ4v) is 4.80. The van der Waals surface area contributed by atoms with Crippen LogP contribution in [0, 0.1) is 6.92 Å². The summed E-state index contributed by atoms with van der Waals surface area (Å²) in [5.74, 6) is -2.70. The van der Waals surface area contributed by atoms with Gasteiger partial charge in [0.25, 0.3) is 5.56 Å². The maximum absolute atomic E-state index is 14.7. The van der Waals surface area contributed by atoms with Gasteiger partial charge in [0.15, 0.2) is 0 Å². The topological polar surface area (TPSA) is 118 Å². The molecule has 3 N–H and O–H groups in total. The van der Waals surface area contributed by atoms with Crippen LogP contribution in [-0.2, 0) is 34.6 Å². The average molecular weight is 546 g/mol. The minimum atomic E-state index is -3.45. The maximum atomic E-state index is 14.7. The van der Waals surface area contributed by atoms with Crippen LogP contribution in [0.5, 0.6) is 0 Å². The van der Waals surface area contributed by atoms with Gasteiger partial charge in [-0.1, -0.05) is 31.5 Å². The minimum absolute atomic E-state index is 0.138. The molecule has 0 aliphatic heterocycles. The molecule has 212 valence electrons. The predicted octanol–water partition coefficient (Wildman–Crippen LogP) is 3.89. The van der Waals surface area contributed by atoms with Gasteiger partial charge in [-0.05, 0) is 51.3 Å². The molecule has 3 aromatic rings. The number of fused-ring (bicyclic) bond motifs is 1. The minimum Gasteiger partial charge on any atom is -0.384 e. The zero-order valence-corrected chi connectivity index (χ0v) is 23.3. The lowest BCUT2D eigenvalue weighted by molar-refractivity contribution is -0.168. The molecule has 1 atom stereocenters. The van der Waals surface area contributed by atoms with Crippen LogP contribution in [-0.4, -0.2) is 45.3 Å². The van der Waals surface area contributed by atoms with E-state index in [2.05, 4.69) is 20.6 Å². The van der Waals surface area contributed by atoms with Crippen molar-refractivity contribution in [2.75, 3.05) is 19.0 Å². The molecule has 1 aromatic carbocycles. The number of pyridine rings is 1. The number of nitrogens with zero attached hydrogens (tertiary/aromatic N) is 3. The van der Waals surface area contributed by atoms with E-state index in [-0.39, 0.29) is 23.2 Å². The molecule has 3 rings (SSSR count). The van der Waals surface area contributed by atoms with E-state index >= 15 is 0 Å². The van der Waals surface area contributed by atoms with E-state index in [4.69, 9.17) is 4.74 Å². The molecule has 0 saturated carbocycles. The summed E-state index contributed by atoms with van der Waals surface area (Å²) in [7, 11) is 3.24. The molecule has 0 saturated heterocycles. The van der Waals surface area contributed by atoms with Gasteiger partial charge < -0.3 is 25.0 Å². The van der Waals surface area contributed by atoms with E-state index in [1.807, 2.05) is 13.0 Å². The smallest absolute Gasteiger partial charge is 0.300 e. The largest absolute Gasteiger partial charge is 0.384 e. The average Bonchev–Trinajstić information content (AvgIpc) is 2.88. The van der Waals surface area contributed by atoms with Gasteiger partial charge in [0.2, 0.25) is 6.41 Å². The first kappa shape index (κ1) is 30.1. The van der Waals surface area contributed by atoms with Crippen LogP contribution in [0.4, 0.5) is 14.6 Å². The number of alkyl halides is 2. The van der Waals surface area contributed by atoms with Crippen LogP contribution < -0.4 is 16.2 Å². The Labute approximate surface area is 226 Å². The van der Waals surface area contributed by atoms with Gasteiger partial charge in [-0.2, -0.15) is 8.78 Å². The van der Waals surface area contributed by atoms with E-state index in [1.165, 1.54) is 22.8 Å². The Morgan fingerprint density at radius 1 is 1.18 bits per heavy atom. The quantitative estimate of drug-likeness (QED) is 0.220. The van der Waals surface area contributed by atoms with Gasteiger partial charge in [0.05, 0.1) is 11.1 Å². The SMILES string of the molecule is CCCC(CCNC=O)(OC)c1cc2c(NCc3cccc(C(F)(F)C(C)(C)O)c3)nc(C)nc2c(=O)n1C. The van der Waals surface area contributed by atoms with Gasteiger partial charge in [-0.3, -0.25) is 9.59 Å². The van der Waals surface area contributed by atoms with E-state index in [1.54, 1.807) is 27.1 Å². The standard InChI is InChI=1S/C28H37F2N5O4/c1-7-11-27(39-6,12-13-31-17-36)22-15-21-23(25(37)35(22)5)33-18(2)34-24(21)32-16-19-9-8-10-20(14-19)28(29,30)26(3,4)38/h8-10,14-15,17,38H,7,11-13,16H2,1-6H3,(H,31,36)(H,32,33,34). The van der Waals surface area contributed by atoms with E-state index in [9.17, 15) is 23.5 Å². The third kappa shape index (κ3) is 6.09. The van der Waals surface area contributed by atoms with Crippen molar-refractivity contribution >= 4 is 23.1 Å². The van der Waals surface area contributed by atoms with E-state index < -0.39 is 17.1 Å². The monoisotopic (exact) mass is 545 g/mol. The third-order valence-corrected chi connectivity index (χ3v) is 6.99. The molecular formula is C28H37F2N5O4. The molecule has 2 heterocycles. The van der Waals surface area contributed by atoms with Gasteiger partial charge in [-0.25, -0.2) is 9.97 Å². The highest BCUT2D eigenvalue weighted by atomic mass is 19.3. The van der Waals surface area contributed by atoms with Crippen LogP contribution in [0.1, 0.15) is 62.7 Å². The molecule has 9 nitrogen and oxygen atoms in total. The number of hydrogen-bond donors (Lipinski definition) is 3. The fraction of sp³-hybridized carbons (Fsp3) is 0.500. The van der Waals surface area contributed by atoms with Gasteiger partial charge in [-0.15, -0.1) is 0 Å².